The first-order valence-corrected chi connectivity index (χ1v) is 11.9. The van der Waals surface area contributed by atoms with Gasteiger partial charge in [-0.1, -0.05) is 45.0 Å². The van der Waals surface area contributed by atoms with Crippen LogP contribution in [0.3, 0.4) is 0 Å². The molecule has 3 aromatic carbocycles. The molecule has 0 spiro atoms. The van der Waals surface area contributed by atoms with Crippen LogP contribution in [-0.4, -0.2) is 24.9 Å². The van der Waals surface area contributed by atoms with E-state index in [0.29, 0.717) is 22.8 Å². The first-order valence-electron chi connectivity index (χ1n) is 11.9. The molecule has 1 saturated carbocycles. The number of esters is 1. The monoisotopic (exact) mass is 484 g/mol. The number of nitrogens with zero attached hydrogens (tertiary/aromatic N) is 1. The largest absolute Gasteiger partial charge is 0.454 e. The van der Waals surface area contributed by atoms with Crippen LogP contribution >= 0.6 is 0 Å². The highest BCUT2D eigenvalue weighted by Crippen LogP contribution is 2.47. The zero-order valence-electron chi connectivity index (χ0n) is 20.5. The van der Waals surface area contributed by atoms with Gasteiger partial charge in [-0.05, 0) is 76.9 Å². The average molecular weight is 485 g/mol. The molecule has 7 heteroatoms. The van der Waals surface area contributed by atoms with Crippen LogP contribution in [0.25, 0.3) is 0 Å². The van der Waals surface area contributed by atoms with E-state index in [2.05, 4.69) is 55.6 Å². The van der Waals surface area contributed by atoms with Crippen LogP contribution in [0.1, 0.15) is 60.2 Å². The summed E-state index contributed by atoms with van der Waals surface area (Å²) in [5, 5.41) is 4.09. The summed E-state index contributed by atoms with van der Waals surface area (Å²) >= 11 is 0. The fourth-order valence-electron chi connectivity index (χ4n) is 4.15. The van der Waals surface area contributed by atoms with Crippen LogP contribution in [-0.2, 0) is 10.2 Å². The van der Waals surface area contributed by atoms with E-state index in [-0.39, 0.29) is 30.0 Å². The fourth-order valence-corrected chi connectivity index (χ4v) is 4.15. The number of hydrogen-bond acceptors (Lipinski definition) is 6. The molecule has 1 fully saturated rings. The molecule has 36 heavy (non-hydrogen) atoms. The number of hydrogen-bond donors (Lipinski definition) is 1. The van der Waals surface area contributed by atoms with E-state index >= 15 is 0 Å². The first kappa shape index (κ1) is 23.6. The second-order valence-corrected chi connectivity index (χ2v) is 10.1. The number of ether oxygens (including phenoxy) is 3. The van der Waals surface area contributed by atoms with Gasteiger partial charge < -0.3 is 14.2 Å². The summed E-state index contributed by atoms with van der Waals surface area (Å²) in [6.45, 7) is 6.71. The van der Waals surface area contributed by atoms with Crippen LogP contribution in [0.15, 0.2) is 71.8 Å². The van der Waals surface area contributed by atoms with Gasteiger partial charge in [0.05, 0.1) is 11.8 Å². The van der Waals surface area contributed by atoms with Gasteiger partial charge in [0, 0.05) is 5.92 Å². The maximum Gasteiger partial charge on any atom is 0.343 e. The van der Waals surface area contributed by atoms with Crippen LogP contribution in [0.4, 0.5) is 0 Å². The summed E-state index contributed by atoms with van der Waals surface area (Å²) < 4.78 is 16.0. The number of fused-ring (bicyclic) bond motifs is 1. The molecule has 0 saturated heterocycles. The minimum Gasteiger partial charge on any atom is -0.454 e. The molecule has 2 aliphatic rings. The standard InChI is InChI=1S/C29H28N2O5/c1-29(2,3)21-9-6-19(7-10-21)23-15-24(23)27(32)31-30-16-18-4-11-22(12-5-18)36-28(33)20-8-13-25-26(14-20)35-17-34-25/h4-14,16,23-24H,15,17H2,1-3H3,(H,31,32)/b30-16+/t23-,24+/m1/s1. The van der Waals surface area contributed by atoms with Crippen molar-refractivity contribution in [3.8, 4) is 17.2 Å². The SMILES string of the molecule is CC(C)(C)c1ccc([C@H]2C[C@@H]2C(=O)N/N=C/c2ccc(OC(=O)c3ccc4c(c3)OCO4)cc2)cc1. The summed E-state index contributed by atoms with van der Waals surface area (Å²) in [5.74, 6) is 1.15. The summed E-state index contributed by atoms with van der Waals surface area (Å²) in [4.78, 5) is 24.9. The highest BCUT2D eigenvalue weighted by Gasteiger charge is 2.44. The van der Waals surface area contributed by atoms with Crippen LogP contribution in [0.5, 0.6) is 17.2 Å². The van der Waals surface area contributed by atoms with Crippen LogP contribution in [0, 0.1) is 5.92 Å². The Morgan fingerprint density at radius 2 is 1.69 bits per heavy atom. The Bertz CT molecular complexity index is 1310. The van der Waals surface area contributed by atoms with Crippen molar-refractivity contribution in [2.75, 3.05) is 6.79 Å². The predicted molar refractivity (Wildman–Crippen MR) is 136 cm³/mol. The number of hydrazone groups is 1. The van der Waals surface area contributed by atoms with Crippen LogP contribution < -0.4 is 19.6 Å². The molecule has 1 amide bonds. The van der Waals surface area contributed by atoms with Crippen molar-refractivity contribution in [1.29, 1.82) is 0 Å². The van der Waals surface area contributed by atoms with Crippen molar-refractivity contribution in [1.82, 2.24) is 5.43 Å². The third kappa shape index (κ3) is 5.25. The highest BCUT2D eigenvalue weighted by atomic mass is 16.7. The van der Waals surface area contributed by atoms with Gasteiger partial charge in [-0.15, -0.1) is 0 Å². The highest BCUT2D eigenvalue weighted by molar-refractivity contribution is 5.92. The van der Waals surface area contributed by atoms with Gasteiger partial charge >= 0.3 is 5.97 Å². The number of nitrogens with one attached hydrogen (secondary N) is 1. The summed E-state index contributed by atoms with van der Waals surface area (Å²) in [6.07, 6.45) is 2.40. The smallest absolute Gasteiger partial charge is 0.343 e. The topological polar surface area (TPSA) is 86.2 Å². The maximum absolute atomic E-state index is 12.5. The van der Waals surface area contributed by atoms with E-state index in [1.807, 2.05) is 0 Å². The lowest BCUT2D eigenvalue weighted by molar-refractivity contribution is -0.122. The second kappa shape index (κ2) is 9.49. The number of benzene rings is 3. The lowest BCUT2D eigenvalue weighted by Gasteiger charge is -2.19. The number of amides is 1. The molecule has 0 bridgehead atoms. The molecule has 1 N–H and O–H groups in total. The molecule has 0 unspecified atom stereocenters. The van der Waals surface area contributed by atoms with Crippen molar-refractivity contribution in [3.05, 3.63) is 89.0 Å². The molecular weight excluding hydrogens is 456 g/mol. The number of carbonyl (C=O) groups excluding carboxylic acids is 2. The number of carbonyl (C=O) groups is 2. The number of rotatable bonds is 6. The second-order valence-electron chi connectivity index (χ2n) is 10.1. The zero-order valence-corrected chi connectivity index (χ0v) is 20.5. The summed E-state index contributed by atoms with van der Waals surface area (Å²) in [7, 11) is 0. The van der Waals surface area contributed by atoms with Crippen molar-refractivity contribution < 1.29 is 23.8 Å². The van der Waals surface area contributed by atoms with E-state index in [0.717, 1.165) is 12.0 Å². The van der Waals surface area contributed by atoms with Gasteiger partial charge in [0.2, 0.25) is 12.7 Å². The van der Waals surface area contributed by atoms with Crippen molar-refractivity contribution >= 4 is 18.1 Å². The first-order chi connectivity index (χ1) is 17.3. The molecule has 184 valence electrons. The van der Waals surface area contributed by atoms with Crippen molar-refractivity contribution in [2.45, 2.75) is 38.5 Å². The minimum atomic E-state index is -0.492. The van der Waals surface area contributed by atoms with E-state index in [4.69, 9.17) is 14.2 Å². The molecule has 5 rings (SSSR count). The van der Waals surface area contributed by atoms with Gasteiger partial charge in [-0.2, -0.15) is 5.10 Å². The minimum absolute atomic E-state index is 0.0550. The molecule has 0 aromatic heterocycles. The Labute approximate surface area is 210 Å². The van der Waals surface area contributed by atoms with Crippen LogP contribution in [0.2, 0.25) is 0 Å². The molecule has 1 heterocycles. The zero-order chi connectivity index (χ0) is 25.3. The molecule has 2 atom stereocenters. The van der Waals surface area contributed by atoms with E-state index < -0.39 is 5.97 Å². The molecule has 3 aromatic rings. The van der Waals surface area contributed by atoms with Gasteiger partial charge in [0.1, 0.15) is 5.75 Å². The van der Waals surface area contributed by atoms with Gasteiger partial charge in [0.25, 0.3) is 0 Å². The third-order valence-corrected chi connectivity index (χ3v) is 6.42. The predicted octanol–water partition coefficient (Wildman–Crippen LogP) is 5.19. The summed E-state index contributed by atoms with van der Waals surface area (Å²) in [5.41, 5.74) is 6.37. The van der Waals surface area contributed by atoms with Gasteiger partial charge in [0.15, 0.2) is 11.5 Å². The maximum atomic E-state index is 12.5. The lowest BCUT2D eigenvalue weighted by atomic mass is 9.86. The molecule has 0 radical (unpaired) electrons. The normalized spacial score (nSPS) is 18.2. The Morgan fingerprint density at radius 1 is 0.972 bits per heavy atom. The van der Waals surface area contributed by atoms with Gasteiger partial charge in [-0.3, -0.25) is 4.79 Å². The molecule has 7 nitrogen and oxygen atoms in total. The average Bonchev–Trinajstić information content (AvgIpc) is 3.53. The Kier molecular flexibility index (Phi) is 6.22. The Hall–Kier alpha value is -4.13. The van der Waals surface area contributed by atoms with E-state index in [1.165, 1.54) is 11.1 Å². The van der Waals surface area contributed by atoms with Crippen molar-refractivity contribution in [2.24, 2.45) is 11.0 Å². The lowest BCUT2D eigenvalue weighted by Crippen LogP contribution is -2.20. The van der Waals surface area contributed by atoms with E-state index in [9.17, 15) is 9.59 Å². The molecule has 1 aliphatic heterocycles. The molecular formula is C29H28N2O5. The molecule has 1 aliphatic carbocycles. The van der Waals surface area contributed by atoms with E-state index in [1.54, 1.807) is 48.7 Å². The quantitative estimate of drug-likeness (QED) is 0.225. The Morgan fingerprint density at radius 3 is 2.42 bits per heavy atom. The van der Waals surface area contributed by atoms with Gasteiger partial charge in [-0.25, -0.2) is 10.2 Å². The third-order valence-electron chi connectivity index (χ3n) is 6.42. The van der Waals surface area contributed by atoms with Crippen molar-refractivity contribution in [3.63, 3.8) is 0 Å². The fraction of sp³-hybridized carbons (Fsp3) is 0.276. The Balaban J connectivity index is 1.11. The summed E-state index contributed by atoms with van der Waals surface area (Å²) in [6, 6.07) is 20.3.